The van der Waals surface area contributed by atoms with Gasteiger partial charge in [-0.25, -0.2) is 13.8 Å². The fourth-order valence-electron chi connectivity index (χ4n) is 4.32. The van der Waals surface area contributed by atoms with E-state index in [1.54, 1.807) is 31.6 Å². The second-order valence-corrected chi connectivity index (χ2v) is 10.4. The molecule has 198 valence electrons. The summed E-state index contributed by atoms with van der Waals surface area (Å²) < 4.78 is 32.9. The second kappa shape index (κ2) is 11.3. The van der Waals surface area contributed by atoms with Gasteiger partial charge in [0.2, 0.25) is 0 Å². The summed E-state index contributed by atoms with van der Waals surface area (Å²) in [5, 5.41) is 19.3. The average Bonchev–Trinajstić information content (AvgIpc) is 3.17. The Morgan fingerprint density at radius 2 is 1.82 bits per heavy atom. The molecule has 4 rings (SSSR count). The Hall–Kier alpha value is -3.16. The van der Waals surface area contributed by atoms with E-state index in [-0.39, 0.29) is 6.42 Å². The van der Waals surface area contributed by atoms with E-state index in [2.05, 4.69) is 27.0 Å². The standard InChI is InChI=1S/C28H28ClF2N5OS/c1-28(2,37)11-10-19-6-7-20(21-8-9-22(29)24-26(21)36(4)34-27(24)35-38-5)25(33-19)23(32-3)14-16-12-17(30)15-18(31)13-16/h6-9,12-13,15,23,32,37H,14H2,1-5H3,(H,34,35). The number of halogens is 3. The first kappa shape index (κ1) is 27.9. The molecule has 1 unspecified atom stereocenters. The minimum Gasteiger partial charge on any atom is -0.378 e. The van der Waals surface area contributed by atoms with Crippen LogP contribution in [0.3, 0.4) is 0 Å². The van der Waals surface area contributed by atoms with Gasteiger partial charge in [-0.05, 0) is 69.1 Å². The van der Waals surface area contributed by atoms with Crippen LogP contribution in [0.15, 0.2) is 42.5 Å². The number of hydrogen-bond donors (Lipinski definition) is 3. The zero-order valence-corrected chi connectivity index (χ0v) is 23.2. The van der Waals surface area contributed by atoms with Crippen LogP contribution in [0, 0.1) is 23.5 Å². The van der Waals surface area contributed by atoms with Crippen molar-refractivity contribution < 1.29 is 13.9 Å². The molecule has 0 radical (unpaired) electrons. The zero-order valence-electron chi connectivity index (χ0n) is 21.7. The van der Waals surface area contributed by atoms with Crippen molar-refractivity contribution in [1.29, 1.82) is 0 Å². The van der Waals surface area contributed by atoms with E-state index in [0.717, 1.165) is 28.1 Å². The maximum Gasteiger partial charge on any atom is 0.167 e. The molecular weight excluding hydrogens is 528 g/mol. The first-order valence-corrected chi connectivity index (χ1v) is 13.4. The average molecular weight is 556 g/mol. The SMILES string of the molecule is CNC(Cc1cc(F)cc(F)c1)c1nc(C#CC(C)(C)O)ccc1-c1ccc(Cl)c2c(NSC)nn(C)c12. The van der Waals surface area contributed by atoms with Crippen molar-refractivity contribution >= 4 is 40.3 Å². The molecule has 0 amide bonds. The number of likely N-dealkylation sites (N-methyl/N-ethyl adjacent to an activating group) is 1. The minimum atomic E-state index is -1.19. The molecule has 1 atom stereocenters. The smallest absolute Gasteiger partial charge is 0.167 e. The Balaban J connectivity index is 1.94. The minimum absolute atomic E-state index is 0.273. The molecule has 0 spiro atoms. The summed E-state index contributed by atoms with van der Waals surface area (Å²) in [6, 6.07) is 10.5. The van der Waals surface area contributed by atoms with Gasteiger partial charge < -0.3 is 15.1 Å². The molecule has 0 bridgehead atoms. The largest absolute Gasteiger partial charge is 0.378 e. The number of aliphatic hydroxyl groups is 1. The van der Waals surface area contributed by atoms with Gasteiger partial charge in [0.05, 0.1) is 27.7 Å². The molecule has 0 aliphatic heterocycles. The number of fused-ring (bicyclic) bond motifs is 1. The molecule has 10 heteroatoms. The van der Waals surface area contributed by atoms with Gasteiger partial charge in [0, 0.05) is 30.5 Å². The summed E-state index contributed by atoms with van der Waals surface area (Å²) in [6.07, 6.45) is 2.18. The molecule has 2 aromatic heterocycles. The predicted octanol–water partition coefficient (Wildman–Crippen LogP) is 5.88. The normalized spacial score (nSPS) is 12.3. The summed E-state index contributed by atoms with van der Waals surface area (Å²) in [6.45, 7) is 3.19. The Morgan fingerprint density at radius 3 is 2.45 bits per heavy atom. The highest BCUT2D eigenvalue weighted by molar-refractivity contribution is 7.99. The van der Waals surface area contributed by atoms with E-state index in [4.69, 9.17) is 16.6 Å². The first-order valence-electron chi connectivity index (χ1n) is 11.8. The highest BCUT2D eigenvalue weighted by Gasteiger charge is 2.23. The van der Waals surface area contributed by atoms with Crippen LogP contribution in [0.2, 0.25) is 5.02 Å². The van der Waals surface area contributed by atoms with Crippen LogP contribution < -0.4 is 10.0 Å². The topological polar surface area (TPSA) is 75.0 Å². The second-order valence-electron chi connectivity index (χ2n) is 9.36. The van der Waals surface area contributed by atoms with E-state index in [1.807, 2.05) is 31.5 Å². The molecule has 0 aliphatic carbocycles. The van der Waals surface area contributed by atoms with Crippen LogP contribution in [0.1, 0.15) is 36.8 Å². The molecule has 2 heterocycles. The van der Waals surface area contributed by atoms with Crippen molar-refractivity contribution in [2.24, 2.45) is 7.05 Å². The first-order chi connectivity index (χ1) is 18.0. The quantitative estimate of drug-likeness (QED) is 0.195. The molecule has 0 aliphatic rings. The summed E-state index contributed by atoms with van der Waals surface area (Å²) >= 11 is 8.02. The number of hydrogen-bond acceptors (Lipinski definition) is 6. The fourth-order valence-corrected chi connectivity index (χ4v) is 4.90. The third-order valence-electron chi connectivity index (χ3n) is 5.89. The summed E-state index contributed by atoms with van der Waals surface area (Å²) in [5.41, 5.74) is 2.80. The molecular formula is C28H28ClF2N5OS. The lowest BCUT2D eigenvalue weighted by atomic mass is 9.94. The van der Waals surface area contributed by atoms with Crippen LogP contribution in [0.4, 0.5) is 14.6 Å². The van der Waals surface area contributed by atoms with Crippen LogP contribution >= 0.6 is 23.5 Å². The molecule has 4 aromatic rings. The fraction of sp³-hybridized carbons (Fsp3) is 0.286. The van der Waals surface area contributed by atoms with E-state index in [0.29, 0.717) is 27.8 Å². The lowest BCUT2D eigenvalue weighted by Gasteiger charge is -2.21. The van der Waals surface area contributed by atoms with Crippen LogP contribution in [0.5, 0.6) is 0 Å². The number of aromatic nitrogens is 3. The van der Waals surface area contributed by atoms with E-state index >= 15 is 0 Å². The van der Waals surface area contributed by atoms with E-state index in [9.17, 15) is 13.9 Å². The van der Waals surface area contributed by atoms with Crippen molar-refractivity contribution in [1.82, 2.24) is 20.1 Å². The van der Waals surface area contributed by atoms with E-state index in [1.165, 1.54) is 24.1 Å². The number of nitrogens with one attached hydrogen (secondary N) is 2. The maximum absolute atomic E-state index is 14.0. The number of anilines is 1. The van der Waals surface area contributed by atoms with Gasteiger partial charge >= 0.3 is 0 Å². The number of nitrogens with zero attached hydrogens (tertiary/aromatic N) is 3. The Labute approximate surface area is 229 Å². The predicted molar refractivity (Wildman–Crippen MR) is 151 cm³/mol. The van der Waals surface area contributed by atoms with Crippen LogP contribution in [-0.4, -0.2) is 38.8 Å². The highest BCUT2D eigenvalue weighted by atomic mass is 35.5. The van der Waals surface area contributed by atoms with Crippen molar-refractivity contribution in [3.63, 3.8) is 0 Å². The van der Waals surface area contributed by atoms with Crippen molar-refractivity contribution in [3.8, 4) is 23.0 Å². The number of aryl methyl sites for hydroxylation is 1. The molecule has 0 saturated carbocycles. The van der Waals surface area contributed by atoms with Gasteiger partial charge in [0.1, 0.15) is 22.9 Å². The van der Waals surface area contributed by atoms with Crippen LogP contribution in [0.25, 0.3) is 22.0 Å². The summed E-state index contributed by atoms with van der Waals surface area (Å²) in [4.78, 5) is 4.85. The number of benzene rings is 2. The van der Waals surface area contributed by atoms with Gasteiger partial charge in [0.15, 0.2) is 5.82 Å². The lowest BCUT2D eigenvalue weighted by Crippen LogP contribution is -2.22. The van der Waals surface area contributed by atoms with Gasteiger partial charge in [-0.3, -0.25) is 4.68 Å². The maximum atomic E-state index is 14.0. The Bertz CT molecular complexity index is 1530. The summed E-state index contributed by atoms with van der Waals surface area (Å²) in [5.74, 6) is 5.08. The van der Waals surface area contributed by atoms with Crippen molar-refractivity contribution in [2.45, 2.75) is 31.9 Å². The third-order valence-corrected chi connectivity index (χ3v) is 6.60. The van der Waals surface area contributed by atoms with E-state index < -0.39 is 23.3 Å². The summed E-state index contributed by atoms with van der Waals surface area (Å²) in [7, 11) is 3.61. The van der Waals surface area contributed by atoms with Crippen molar-refractivity contribution in [2.75, 3.05) is 18.0 Å². The molecule has 0 saturated heterocycles. The van der Waals surface area contributed by atoms with Gasteiger partial charge in [-0.1, -0.05) is 35.5 Å². The third kappa shape index (κ3) is 6.11. The lowest BCUT2D eigenvalue weighted by molar-refractivity contribution is 0.143. The number of rotatable bonds is 7. The van der Waals surface area contributed by atoms with Crippen LogP contribution in [-0.2, 0) is 13.5 Å². The number of pyridine rings is 1. The van der Waals surface area contributed by atoms with Gasteiger partial charge in [0.25, 0.3) is 0 Å². The zero-order chi connectivity index (χ0) is 27.6. The van der Waals surface area contributed by atoms with Crippen molar-refractivity contribution in [3.05, 3.63) is 76.1 Å². The Kier molecular flexibility index (Phi) is 8.28. The molecule has 6 nitrogen and oxygen atoms in total. The van der Waals surface area contributed by atoms with Gasteiger partial charge in [-0.15, -0.1) is 0 Å². The highest BCUT2D eigenvalue weighted by Crippen LogP contribution is 2.40. The molecule has 38 heavy (non-hydrogen) atoms. The van der Waals surface area contributed by atoms with Gasteiger partial charge in [-0.2, -0.15) is 5.10 Å². The molecule has 0 fully saturated rings. The molecule has 3 N–H and O–H groups in total. The Morgan fingerprint density at radius 1 is 1.13 bits per heavy atom. The molecule has 2 aromatic carbocycles. The monoisotopic (exact) mass is 555 g/mol.